The smallest absolute Gasteiger partial charge is 0.444 e. The average Bonchev–Trinajstić information content (AvgIpc) is 3.00. The Bertz CT molecular complexity index is 1240. The lowest BCUT2D eigenvalue weighted by molar-refractivity contribution is -0.129. The number of alkyl carbamates (subject to hydrolysis) is 1. The number of hydrogen-bond donors (Lipinski definition) is 2. The normalized spacial score (nSPS) is 20.6. The molecule has 11 nitrogen and oxygen atoms in total. The zero-order chi connectivity index (χ0) is 31.2. The molecule has 0 saturated carbocycles. The molecule has 3 rings (SSSR count). The molecule has 1 aromatic carbocycles. The summed E-state index contributed by atoms with van der Waals surface area (Å²) in [5.41, 5.74) is 0.119. The van der Waals surface area contributed by atoms with Crippen molar-refractivity contribution in [3.8, 4) is 0 Å². The van der Waals surface area contributed by atoms with Crippen LogP contribution in [0.15, 0.2) is 18.2 Å². The number of rotatable bonds is 7. The molecular formula is C28H46BN3O8S. The van der Waals surface area contributed by atoms with Crippen LogP contribution in [0.5, 0.6) is 0 Å². The second-order valence-corrected chi connectivity index (χ2v) is 15.4. The summed E-state index contributed by atoms with van der Waals surface area (Å²) in [5.74, 6) is -0.927. The van der Waals surface area contributed by atoms with Gasteiger partial charge in [-0.1, -0.05) is 18.2 Å². The first-order chi connectivity index (χ1) is 18.5. The first-order valence-electron chi connectivity index (χ1n) is 14.0. The molecule has 1 fully saturated rings. The van der Waals surface area contributed by atoms with Crippen molar-refractivity contribution in [3.05, 3.63) is 29.3 Å². The van der Waals surface area contributed by atoms with Gasteiger partial charge in [0.2, 0.25) is 0 Å². The van der Waals surface area contributed by atoms with Gasteiger partial charge in [0.05, 0.1) is 22.9 Å². The van der Waals surface area contributed by atoms with Gasteiger partial charge in [0.25, 0.3) is 5.91 Å². The standard InChI is InChI=1S/C28H46BN3O8S/c1-18(37-25(2,3)4)22(30-24(34)38-26(5,6)7)23(33)31-41(35,36)32-15-14-19-12-13-21(16-20(19)17-32)29-39-27(8,9)28(10,11)40-29/h12-13,16,18,22H,14-15,17H2,1-11H3,(H,30,34)(H,31,33)/t18-,22+/m1/s1. The van der Waals surface area contributed by atoms with Gasteiger partial charge in [0.1, 0.15) is 11.6 Å². The average molecular weight is 596 g/mol. The molecule has 0 radical (unpaired) electrons. The summed E-state index contributed by atoms with van der Waals surface area (Å²) < 4.78 is 53.7. The molecule has 1 saturated heterocycles. The van der Waals surface area contributed by atoms with Crippen molar-refractivity contribution in [1.82, 2.24) is 14.3 Å². The van der Waals surface area contributed by atoms with E-state index in [2.05, 4.69) is 10.0 Å². The molecule has 230 valence electrons. The van der Waals surface area contributed by atoms with E-state index in [0.717, 1.165) is 16.6 Å². The topological polar surface area (TPSA) is 132 Å². The number of nitrogens with zero attached hydrogens (tertiary/aromatic N) is 1. The molecular weight excluding hydrogens is 549 g/mol. The number of nitrogens with one attached hydrogen (secondary N) is 2. The van der Waals surface area contributed by atoms with Crippen molar-refractivity contribution in [3.63, 3.8) is 0 Å². The summed E-state index contributed by atoms with van der Waals surface area (Å²) in [5, 5.41) is 2.48. The van der Waals surface area contributed by atoms with E-state index in [1.54, 1.807) is 48.5 Å². The summed E-state index contributed by atoms with van der Waals surface area (Å²) in [6.45, 7) is 20.2. The molecule has 2 aliphatic heterocycles. The number of benzene rings is 1. The van der Waals surface area contributed by atoms with Gasteiger partial charge in [-0.2, -0.15) is 12.7 Å². The van der Waals surface area contributed by atoms with E-state index in [4.69, 9.17) is 18.8 Å². The lowest BCUT2D eigenvalue weighted by atomic mass is 9.77. The minimum atomic E-state index is -4.26. The second-order valence-electron chi connectivity index (χ2n) is 13.7. The Hall–Kier alpha value is -2.19. The molecule has 41 heavy (non-hydrogen) atoms. The van der Waals surface area contributed by atoms with Crippen LogP contribution in [0.4, 0.5) is 4.79 Å². The Morgan fingerprint density at radius 1 is 1.00 bits per heavy atom. The van der Waals surface area contributed by atoms with Gasteiger partial charge in [0, 0.05) is 13.1 Å². The fourth-order valence-corrected chi connectivity index (χ4v) is 5.74. The molecule has 0 spiro atoms. The zero-order valence-corrected chi connectivity index (χ0v) is 27.0. The van der Waals surface area contributed by atoms with E-state index >= 15 is 0 Å². The fraction of sp³-hybridized carbons (Fsp3) is 0.714. The number of carbonyl (C=O) groups is 2. The number of carbonyl (C=O) groups excluding carboxylic acids is 2. The lowest BCUT2D eigenvalue weighted by Gasteiger charge is -2.32. The molecule has 0 aliphatic carbocycles. The predicted molar refractivity (Wildman–Crippen MR) is 157 cm³/mol. The molecule has 13 heteroatoms. The van der Waals surface area contributed by atoms with Crippen LogP contribution in [-0.2, 0) is 46.8 Å². The number of ether oxygens (including phenoxy) is 2. The van der Waals surface area contributed by atoms with Crippen LogP contribution in [0.2, 0.25) is 0 Å². The van der Waals surface area contributed by atoms with E-state index in [1.165, 1.54) is 4.31 Å². The molecule has 0 aromatic heterocycles. The van der Waals surface area contributed by atoms with Gasteiger partial charge < -0.3 is 24.1 Å². The highest BCUT2D eigenvalue weighted by molar-refractivity contribution is 7.87. The van der Waals surface area contributed by atoms with Crippen LogP contribution in [-0.4, -0.2) is 72.9 Å². The Morgan fingerprint density at radius 2 is 1.59 bits per heavy atom. The first-order valence-corrected chi connectivity index (χ1v) is 15.4. The molecule has 2 heterocycles. The molecule has 0 unspecified atom stereocenters. The Balaban J connectivity index is 1.77. The van der Waals surface area contributed by atoms with Gasteiger partial charge in [-0.3, -0.25) is 4.79 Å². The van der Waals surface area contributed by atoms with Crippen molar-refractivity contribution in [2.45, 2.75) is 124 Å². The van der Waals surface area contributed by atoms with Crippen LogP contribution >= 0.6 is 0 Å². The van der Waals surface area contributed by atoms with Gasteiger partial charge in [0.15, 0.2) is 0 Å². The van der Waals surface area contributed by atoms with Crippen LogP contribution in [0.1, 0.15) is 87.3 Å². The number of amides is 2. The second kappa shape index (κ2) is 11.5. The van der Waals surface area contributed by atoms with E-state index in [-0.39, 0.29) is 13.1 Å². The summed E-state index contributed by atoms with van der Waals surface area (Å²) >= 11 is 0. The Morgan fingerprint density at radius 3 is 2.12 bits per heavy atom. The lowest BCUT2D eigenvalue weighted by Crippen LogP contribution is -2.58. The SMILES string of the molecule is C[C@@H](OC(C)(C)C)[C@H](NC(=O)OC(C)(C)C)C(=O)NS(=O)(=O)N1CCc2ccc(B3OC(C)(C)C(C)(C)O3)cc2C1. The third kappa shape index (κ3) is 8.44. The summed E-state index contributed by atoms with van der Waals surface area (Å²) in [4.78, 5) is 25.8. The third-order valence-corrected chi connectivity index (χ3v) is 8.72. The molecule has 2 atom stereocenters. The maximum absolute atomic E-state index is 13.4. The van der Waals surface area contributed by atoms with Crippen LogP contribution in [0.3, 0.4) is 0 Å². The molecule has 2 aliphatic rings. The van der Waals surface area contributed by atoms with Gasteiger partial charge in [-0.25, -0.2) is 9.52 Å². The Kier molecular flexibility index (Phi) is 9.33. The van der Waals surface area contributed by atoms with E-state index < -0.39 is 63.9 Å². The fourth-order valence-electron chi connectivity index (χ4n) is 4.59. The minimum Gasteiger partial charge on any atom is -0.444 e. The summed E-state index contributed by atoms with van der Waals surface area (Å²) in [6.07, 6.45) is -1.25. The highest BCUT2D eigenvalue weighted by atomic mass is 32.2. The highest BCUT2D eigenvalue weighted by Gasteiger charge is 2.51. The van der Waals surface area contributed by atoms with Crippen LogP contribution in [0, 0.1) is 0 Å². The quantitative estimate of drug-likeness (QED) is 0.460. The van der Waals surface area contributed by atoms with Gasteiger partial charge in [-0.15, -0.1) is 0 Å². The zero-order valence-electron chi connectivity index (χ0n) is 26.2. The van der Waals surface area contributed by atoms with Crippen molar-refractivity contribution < 1.29 is 36.8 Å². The van der Waals surface area contributed by atoms with Crippen LogP contribution in [0.25, 0.3) is 0 Å². The van der Waals surface area contributed by atoms with Crippen molar-refractivity contribution in [2.24, 2.45) is 0 Å². The maximum Gasteiger partial charge on any atom is 0.494 e. The van der Waals surface area contributed by atoms with Gasteiger partial charge >= 0.3 is 23.4 Å². The Labute approximate surface area is 245 Å². The predicted octanol–water partition coefficient (Wildman–Crippen LogP) is 2.80. The molecule has 1 aromatic rings. The van der Waals surface area contributed by atoms with Gasteiger partial charge in [-0.05, 0) is 99.2 Å². The van der Waals surface area contributed by atoms with E-state index in [1.807, 2.05) is 45.9 Å². The highest BCUT2D eigenvalue weighted by Crippen LogP contribution is 2.36. The monoisotopic (exact) mass is 595 g/mol. The largest absolute Gasteiger partial charge is 0.494 e. The minimum absolute atomic E-state index is 0.0590. The van der Waals surface area contributed by atoms with Crippen LogP contribution < -0.4 is 15.5 Å². The van der Waals surface area contributed by atoms with E-state index in [9.17, 15) is 18.0 Å². The number of hydrogen-bond acceptors (Lipinski definition) is 8. The van der Waals surface area contributed by atoms with Crippen molar-refractivity contribution in [1.29, 1.82) is 0 Å². The maximum atomic E-state index is 13.4. The summed E-state index contributed by atoms with van der Waals surface area (Å²) in [6, 6.07) is 4.47. The first kappa shape index (κ1) is 33.3. The third-order valence-electron chi connectivity index (χ3n) is 7.27. The molecule has 2 N–H and O–H groups in total. The van der Waals surface area contributed by atoms with Crippen molar-refractivity contribution >= 4 is 34.8 Å². The molecule has 2 amide bonds. The van der Waals surface area contributed by atoms with E-state index in [0.29, 0.717) is 6.42 Å². The number of fused-ring (bicyclic) bond motifs is 1. The summed E-state index contributed by atoms with van der Waals surface area (Å²) in [7, 11) is -4.85. The molecule has 0 bridgehead atoms. The van der Waals surface area contributed by atoms with Crippen molar-refractivity contribution in [2.75, 3.05) is 6.54 Å².